The Morgan fingerprint density at radius 3 is 2.73 bits per heavy atom. The topological polar surface area (TPSA) is 21.3 Å². The molecule has 2 nitrogen and oxygen atoms in total. The third-order valence-electron chi connectivity index (χ3n) is 3.69. The van der Waals surface area contributed by atoms with Crippen LogP contribution in [0.5, 0.6) is 0 Å². The van der Waals surface area contributed by atoms with Gasteiger partial charge in [0.05, 0.1) is 0 Å². The second-order valence-electron chi connectivity index (χ2n) is 4.91. The molecule has 0 heterocycles. The van der Waals surface area contributed by atoms with E-state index in [0.29, 0.717) is 6.04 Å². The molecule has 0 aromatic heterocycles. The van der Waals surface area contributed by atoms with Gasteiger partial charge in [-0.05, 0) is 32.1 Å². The van der Waals surface area contributed by atoms with Crippen molar-refractivity contribution in [2.75, 3.05) is 13.7 Å². The highest BCUT2D eigenvalue weighted by Crippen LogP contribution is 2.27. The maximum absolute atomic E-state index is 5.11. The molecule has 2 heteroatoms. The number of rotatable bonds is 6. The number of ether oxygens (including phenoxy) is 1. The predicted molar refractivity (Wildman–Crippen MR) is 65.1 cm³/mol. The Morgan fingerprint density at radius 2 is 2.07 bits per heavy atom. The normalized spacial score (nSPS) is 29.0. The summed E-state index contributed by atoms with van der Waals surface area (Å²) in [5.41, 5.74) is 0. The fourth-order valence-electron chi connectivity index (χ4n) is 2.66. The smallest absolute Gasteiger partial charge is 0.0476 e. The lowest BCUT2D eigenvalue weighted by Crippen LogP contribution is -2.43. The molecule has 1 saturated carbocycles. The van der Waals surface area contributed by atoms with E-state index in [9.17, 15) is 0 Å². The Labute approximate surface area is 94.8 Å². The summed E-state index contributed by atoms with van der Waals surface area (Å²) in [4.78, 5) is 0. The largest absolute Gasteiger partial charge is 0.385 e. The lowest BCUT2D eigenvalue weighted by Gasteiger charge is -2.34. The van der Waals surface area contributed by atoms with Gasteiger partial charge in [-0.1, -0.05) is 26.2 Å². The van der Waals surface area contributed by atoms with Crippen molar-refractivity contribution < 1.29 is 4.74 Å². The molecule has 90 valence electrons. The third-order valence-corrected chi connectivity index (χ3v) is 3.69. The summed E-state index contributed by atoms with van der Waals surface area (Å²) in [6.45, 7) is 5.47. The van der Waals surface area contributed by atoms with Gasteiger partial charge in [-0.2, -0.15) is 0 Å². The van der Waals surface area contributed by atoms with E-state index in [-0.39, 0.29) is 0 Å². The first-order valence-electron chi connectivity index (χ1n) is 6.53. The number of nitrogens with one attached hydrogen (secondary N) is 1. The van der Waals surface area contributed by atoms with Gasteiger partial charge >= 0.3 is 0 Å². The van der Waals surface area contributed by atoms with E-state index in [1.165, 1.54) is 32.1 Å². The fourth-order valence-corrected chi connectivity index (χ4v) is 2.66. The summed E-state index contributed by atoms with van der Waals surface area (Å²) in [6.07, 6.45) is 8.09. The molecule has 3 unspecified atom stereocenters. The summed E-state index contributed by atoms with van der Waals surface area (Å²) in [6, 6.07) is 1.36. The van der Waals surface area contributed by atoms with Gasteiger partial charge in [0.15, 0.2) is 0 Å². The van der Waals surface area contributed by atoms with Crippen LogP contribution in [0.25, 0.3) is 0 Å². The number of methoxy groups -OCH3 is 1. The minimum atomic E-state index is 0.599. The average molecular weight is 213 g/mol. The number of hydrogen-bond donors (Lipinski definition) is 1. The summed E-state index contributed by atoms with van der Waals surface area (Å²) < 4.78 is 5.11. The van der Waals surface area contributed by atoms with E-state index in [1.54, 1.807) is 7.11 Å². The van der Waals surface area contributed by atoms with Crippen molar-refractivity contribution in [2.24, 2.45) is 5.92 Å². The van der Waals surface area contributed by atoms with Crippen LogP contribution in [-0.4, -0.2) is 25.8 Å². The van der Waals surface area contributed by atoms with Crippen molar-refractivity contribution >= 4 is 0 Å². The first kappa shape index (κ1) is 13.0. The zero-order valence-electron chi connectivity index (χ0n) is 10.6. The Kier molecular flexibility index (Phi) is 6.26. The molecule has 0 amide bonds. The van der Waals surface area contributed by atoms with Gasteiger partial charge in [-0.25, -0.2) is 0 Å². The number of hydrogen-bond acceptors (Lipinski definition) is 2. The van der Waals surface area contributed by atoms with Crippen LogP contribution in [0.1, 0.15) is 52.4 Å². The Bertz CT molecular complexity index is 161. The summed E-state index contributed by atoms with van der Waals surface area (Å²) in [5.74, 6) is 0.906. The molecule has 1 aliphatic rings. The minimum Gasteiger partial charge on any atom is -0.385 e. The summed E-state index contributed by atoms with van der Waals surface area (Å²) in [5, 5.41) is 3.77. The van der Waals surface area contributed by atoms with Gasteiger partial charge in [0.1, 0.15) is 0 Å². The van der Waals surface area contributed by atoms with Gasteiger partial charge in [0.2, 0.25) is 0 Å². The highest BCUT2D eigenvalue weighted by molar-refractivity contribution is 4.82. The van der Waals surface area contributed by atoms with Crippen LogP contribution in [0.4, 0.5) is 0 Å². The monoisotopic (exact) mass is 213 g/mol. The molecule has 0 spiro atoms. The zero-order chi connectivity index (χ0) is 11.1. The third kappa shape index (κ3) is 4.52. The Hall–Kier alpha value is -0.0800. The maximum atomic E-state index is 5.11. The minimum absolute atomic E-state index is 0.599. The molecule has 0 bridgehead atoms. The first-order chi connectivity index (χ1) is 7.27. The average Bonchev–Trinajstić information content (AvgIpc) is 2.27. The van der Waals surface area contributed by atoms with Crippen molar-refractivity contribution in [1.29, 1.82) is 0 Å². The van der Waals surface area contributed by atoms with Crippen LogP contribution >= 0.6 is 0 Å². The van der Waals surface area contributed by atoms with Gasteiger partial charge in [-0.3, -0.25) is 0 Å². The molecule has 1 aliphatic carbocycles. The van der Waals surface area contributed by atoms with Crippen molar-refractivity contribution in [2.45, 2.75) is 64.5 Å². The van der Waals surface area contributed by atoms with Crippen LogP contribution < -0.4 is 5.32 Å². The summed E-state index contributed by atoms with van der Waals surface area (Å²) >= 11 is 0. The van der Waals surface area contributed by atoms with Crippen LogP contribution in [0.2, 0.25) is 0 Å². The standard InChI is InChI=1S/C13H27NO/c1-4-12-7-5-6-8-13(12)14-11(2)9-10-15-3/h11-14H,4-10H2,1-3H3. The molecule has 1 fully saturated rings. The molecule has 1 N–H and O–H groups in total. The summed E-state index contributed by atoms with van der Waals surface area (Å²) in [7, 11) is 1.78. The Morgan fingerprint density at radius 1 is 1.33 bits per heavy atom. The lowest BCUT2D eigenvalue weighted by atomic mass is 9.82. The van der Waals surface area contributed by atoms with Crippen molar-refractivity contribution in [3.63, 3.8) is 0 Å². The Balaban J connectivity index is 2.27. The van der Waals surface area contributed by atoms with E-state index >= 15 is 0 Å². The molecular formula is C13H27NO. The first-order valence-corrected chi connectivity index (χ1v) is 6.53. The lowest BCUT2D eigenvalue weighted by molar-refractivity contribution is 0.172. The van der Waals surface area contributed by atoms with Crippen LogP contribution in [-0.2, 0) is 4.74 Å². The fraction of sp³-hybridized carbons (Fsp3) is 1.00. The molecule has 0 radical (unpaired) electrons. The molecule has 3 atom stereocenters. The van der Waals surface area contributed by atoms with E-state index in [2.05, 4.69) is 19.2 Å². The molecule has 0 saturated heterocycles. The van der Waals surface area contributed by atoms with Crippen LogP contribution in [0.3, 0.4) is 0 Å². The van der Waals surface area contributed by atoms with E-state index in [0.717, 1.165) is 25.0 Å². The second kappa shape index (κ2) is 7.24. The highest BCUT2D eigenvalue weighted by Gasteiger charge is 2.24. The van der Waals surface area contributed by atoms with Crippen molar-refractivity contribution in [3.05, 3.63) is 0 Å². The molecule has 1 rings (SSSR count). The van der Waals surface area contributed by atoms with Gasteiger partial charge in [-0.15, -0.1) is 0 Å². The van der Waals surface area contributed by atoms with E-state index < -0.39 is 0 Å². The predicted octanol–water partition coefficient (Wildman–Crippen LogP) is 2.97. The molecule has 0 aromatic rings. The quantitative estimate of drug-likeness (QED) is 0.732. The van der Waals surface area contributed by atoms with Crippen LogP contribution in [0, 0.1) is 5.92 Å². The van der Waals surface area contributed by atoms with Crippen molar-refractivity contribution in [3.8, 4) is 0 Å². The second-order valence-corrected chi connectivity index (χ2v) is 4.91. The van der Waals surface area contributed by atoms with Gasteiger partial charge < -0.3 is 10.1 Å². The van der Waals surface area contributed by atoms with Crippen molar-refractivity contribution in [1.82, 2.24) is 5.32 Å². The van der Waals surface area contributed by atoms with E-state index in [4.69, 9.17) is 4.74 Å². The SMILES string of the molecule is CCC1CCCCC1NC(C)CCOC. The highest BCUT2D eigenvalue weighted by atomic mass is 16.5. The van der Waals surface area contributed by atoms with Gasteiger partial charge in [0, 0.05) is 25.8 Å². The molecule has 15 heavy (non-hydrogen) atoms. The van der Waals surface area contributed by atoms with E-state index in [1.807, 2.05) is 0 Å². The molecule has 0 aromatic carbocycles. The van der Waals surface area contributed by atoms with Gasteiger partial charge in [0.25, 0.3) is 0 Å². The van der Waals surface area contributed by atoms with Crippen LogP contribution in [0.15, 0.2) is 0 Å². The zero-order valence-corrected chi connectivity index (χ0v) is 10.6. The maximum Gasteiger partial charge on any atom is 0.0476 e. The molecular weight excluding hydrogens is 186 g/mol. The molecule has 0 aliphatic heterocycles.